The summed E-state index contributed by atoms with van der Waals surface area (Å²) in [5.74, 6) is 0. The van der Waals surface area contributed by atoms with Gasteiger partial charge in [0, 0.05) is 6.20 Å². The molecule has 0 amide bonds. The van der Waals surface area contributed by atoms with Crippen molar-refractivity contribution in [2.45, 2.75) is 6.54 Å². The maximum atomic E-state index is 8.64. The van der Waals surface area contributed by atoms with E-state index in [1.165, 1.54) is 11.1 Å². The van der Waals surface area contributed by atoms with Gasteiger partial charge in [0.05, 0.1) is 6.54 Å². The number of fused-ring (bicyclic) bond motifs is 1. The molecular weight excluding hydrogens is 184 g/mol. The molecule has 0 unspecified atom stereocenters. The van der Waals surface area contributed by atoms with Crippen molar-refractivity contribution in [3.8, 4) is 6.19 Å². The molecule has 3 heteroatoms. The zero-order chi connectivity index (χ0) is 8.39. The van der Waals surface area contributed by atoms with Crippen LogP contribution < -0.4 is 0 Å². The Hall–Kier alpha value is -1.46. The van der Waals surface area contributed by atoms with E-state index in [1.807, 2.05) is 30.5 Å². The van der Waals surface area contributed by atoms with Gasteiger partial charge in [0.25, 0.3) is 0 Å². The third-order valence-electron chi connectivity index (χ3n) is 1.96. The minimum atomic E-state index is 0. The van der Waals surface area contributed by atoms with E-state index in [9.17, 15) is 0 Å². The summed E-state index contributed by atoms with van der Waals surface area (Å²) < 4.78 is 0. The van der Waals surface area contributed by atoms with E-state index in [-0.39, 0.29) is 12.4 Å². The molecule has 0 bridgehead atoms. The number of nitriles is 1. The number of hydrogen-bond donors (Lipinski definition) is 0. The Morgan fingerprint density at radius 1 is 1.31 bits per heavy atom. The van der Waals surface area contributed by atoms with Gasteiger partial charge >= 0.3 is 0 Å². The quantitative estimate of drug-likeness (QED) is 0.591. The van der Waals surface area contributed by atoms with Crippen molar-refractivity contribution in [1.29, 1.82) is 5.26 Å². The topological polar surface area (TPSA) is 27.0 Å². The van der Waals surface area contributed by atoms with Gasteiger partial charge in [-0.05, 0) is 17.2 Å². The fraction of sp³-hybridized carbons (Fsp3) is 0.100. The molecule has 0 saturated heterocycles. The standard InChI is InChI=1S/C10H8N2.ClH/c11-8-12-6-5-9-3-1-2-4-10(9)7-12;/h1-6H,7H2;1H. The van der Waals surface area contributed by atoms with Crippen molar-refractivity contribution in [3.63, 3.8) is 0 Å². The van der Waals surface area contributed by atoms with Gasteiger partial charge in [-0.3, -0.25) is 4.90 Å². The second-order valence-corrected chi connectivity index (χ2v) is 2.74. The molecule has 0 radical (unpaired) electrons. The van der Waals surface area contributed by atoms with Gasteiger partial charge in [0.15, 0.2) is 6.19 Å². The first-order valence-electron chi connectivity index (χ1n) is 3.82. The SMILES string of the molecule is Cl.N#CN1C=Cc2ccccc2C1. The van der Waals surface area contributed by atoms with Gasteiger partial charge in [-0.2, -0.15) is 5.26 Å². The first kappa shape index (κ1) is 9.63. The third kappa shape index (κ3) is 1.82. The van der Waals surface area contributed by atoms with E-state index in [2.05, 4.69) is 12.3 Å². The van der Waals surface area contributed by atoms with Gasteiger partial charge in [-0.1, -0.05) is 24.3 Å². The van der Waals surface area contributed by atoms with E-state index in [4.69, 9.17) is 5.26 Å². The molecule has 0 N–H and O–H groups in total. The molecule has 1 aliphatic heterocycles. The summed E-state index contributed by atoms with van der Waals surface area (Å²) in [5, 5.41) is 8.64. The van der Waals surface area contributed by atoms with Crippen LogP contribution in [0.3, 0.4) is 0 Å². The average Bonchev–Trinajstić information content (AvgIpc) is 2.17. The number of halogens is 1. The molecule has 1 aromatic rings. The molecule has 13 heavy (non-hydrogen) atoms. The molecule has 2 nitrogen and oxygen atoms in total. The molecule has 0 fully saturated rings. The second kappa shape index (κ2) is 3.97. The first-order valence-corrected chi connectivity index (χ1v) is 3.82. The first-order chi connectivity index (χ1) is 5.90. The molecule has 0 atom stereocenters. The number of hydrogen-bond acceptors (Lipinski definition) is 2. The van der Waals surface area contributed by atoms with Crippen molar-refractivity contribution in [3.05, 3.63) is 41.6 Å². The van der Waals surface area contributed by atoms with Gasteiger partial charge < -0.3 is 0 Å². The molecule has 66 valence electrons. The summed E-state index contributed by atoms with van der Waals surface area (Å²) in [6, 6.07) is 8.10. The molecule has 1 heterocycles. The number of rotatable bonds is 0. The smallest absolute Gasteiger partial charge is 0.184 e. The van der Waals surface area contributed by atoms with Crippen LogP contribution in [0.1, 0.15) is 11.1 Å². The minimum absolute atomic E-state index is 0. The lowest BCUT2D eigenvalue weighted by Gasteiger charge is -2.17. The zero-order valence-corrected chi connectivity index (χ0v) is 7.79. The van der Waals surface area contributed by atoms with Crippen LogP contribution in [0, 0.1) is 11.5 Å². The Morgan fingerprint density at radius 3 is 2.85 bits per heavy atom. The summed E-state index contributed by atoms with van der Waals surface area (Å²) in [6.45, 7) is 0.698. The molecule has 0 spiro atoms. The normalized spacial score (nSPS) is 12.7. The van der Waals surface area contributed by atoms with E-state index < -0.39 is 0 Å². The monoisotopic (exact) mass is 192 g/mol. The summed E-state index contributed by atoms with van der Waals surface area (Å²) in [5.41, 5.74) is 2.42. The third-order valence-corrected chi connectivity index (χ3v) is 1.96. The predicted octanol–water partition coefficient (Wildman–Crippen LogP) is 2.38. The molecule has 2 rings (SSSR count). The van der Waals surface area contributed by atoms with Crippen LogP contribution in [0.4, 0.5) is 0 Å². The van der Waals surface area contributed by atoms with E-state index >= 15 is 0 Å². The van der Waals surface area contributed by atoms with Gasteiger partial charge in [0.2, 0.25) is 0 Å². The zero-order valence-electron chi connectivity index (χ0n) is 6.97. The fourth-order valence-corrected chi connectivity index (χ4v) is 1.32. The predicted molar refractivity (Wildman–Crippen MR) is 53.9 cm³/mol. The fourth-order valence-electron chi connectivity index (χ4n) is 1.32. The lowest BCUT2D eigenvalue weighted by Crippen LogP contribution is -2.13. The Kier molecular flexibility index (Phi) is 2.94. The van der Waals surface area contributed by atoms with Crippen LogP contribution in [0.5, 0.6) is 0 Å². The van der Waals surface area contributed by atoms with Crippen LogP contribution in [-0.4, -0.2) is 4.90 Å². The van der Waals surface area contributed by atoms with Gasteiger partial charge in [-0.15, -0.1) is 12.4 Å². The highest BCUT2D eigenvalue weighted by atomic mass is 35.5. The molecule has 0 saturated carbocycles. The summed E-state index contributed by atoms with van der Waals surface area (Å²) in [6.07, 6.45) is 5.86. The Labute approximate surface area is 83.5 Å². The Balaban J connectivity index is 0.000000845. The van der Waals surface area contributed by atoms with Crippen molar-refractivity contribution in [2.24, 2.45) is 0 Å². The molecule has 0 aliphatic carbocycles. The van der Waals surface area contributed by atoms with Crippen LogP contribution in [0.25, 0.3) is 6.08 Å². The van der Waals surface area contributed by atoms with Crippen LogP contribution in [0.15, 0.2) is 30.5 Å². The summed E-state index contributed by atoms with van der Waals surface area (Å²) >= 11 is 0. The lowest BCUT2D eigenvalue weighted by atomic mass is 10.1. The summed E-state index contributed by atoms with van der Waals surface area (Å²) in [7, 11) is 0. The van der Waals surface area contributed by atoms with Crippen molar-refractivity contribution in [1.82, 2.24) is 4.90 Å². The molecule has 1 aliphatic rings. The Morgan fingerprint density at radius 2 is 2.08 bits per heavy atom. The average molecular weight is 193 g/mol. The highest BCUT2D eigenvalue weighted by Gasteiger charge is 2.07. The van der Waals surface area contributed by atoms with Gasteiger partial charge in [0.1, 0.15) is 0 Å². The highest BCUT2D eigenvalue weighted by molar-refractivity contribution is 5.85. The highest BCUT2D eigenvalue weighted by Crippen LogP contribution is 2.17. The van der Waals surface area contributed by atoms with E-state index in [0.717, 1.165) is 0 Å². The van der Waals surface area contributed by atoms with Crippen molar-refractivity contribution in [2.75, 3.05) is 0 Å². The van der Waals surface area contributed by atoms with Crippen LogP contribution in [0.2, 0.25) is 0 Å². The Bertz CT molecular complexity index is 365. The lowest BCUT2D eigenvalue weighted by molar-refractivity contribution is 0.516. The van der Waals surface area contributed by atoms with Crippen molar-refractivity contribution >= 4 is 18.5 Å². The van der Waals surface area contributed by atoms with Crippen molar-refractivity contribution < 1.29 is 0 Å². The van der Waals surface area contributed by atoms with Gasteiger partial charge in [-0.25, -0.2) is 0 Å². The molecular formula is C10H9ClN2. The van der Waals surface area contributed by atoms with E-state index in [1.54, 1.807) is 4.90 Å². The minimum Gasteiger partial charge on any atom is -0.282 e. The largest absolute Gasteiger partial charge is 0.282 e. The number of nitrogens with zero attached hydrogens (tertiary/aromatic N) is 2. The molecule has 0 aromatic heterocycles. The second-order valence-electron chi connectivity index (χ2n) is 2.74. The maximum Gasteiger partial charge on any atom is 0.184 e. The summed E-state index contributed by atoms with van der Waals surface area (Å²) in [4.78, 5) is 1.61. The maximum absolute atomic E-state index is 8.64. The van der Waals surface area contributed by atoms with E-state index in [0.29, 0.717) is 6.54 Å². The van der Waals surface area contributed by atoms with Crippen LogP contribution >= 0.6 is 12.4 Å². The molecule has 1 aromatic carbocycles. The van der Waals surface area contributed by atoms with Crippen LogP contribution in [-0.2, 0) is 6.54 Å². The number of benzene rings is 1.